The van der Waals surface area contributed by atoms with Crippen LogP contribution in [0.2, 0.25) is 0 Å². The number of carbonyl (C=O) groups is 2. The molecule has 0 radical (unpaired) electrons. The van der Waals surface area contributed by atoms with Gasteiger partial charge in [0.1, 0.15) is 23.2 Å². The van der Waals surface area contributed by atoms with Crippen molar-refractivity contribution in [1.82, 2.24) is 14.9 Å². The van der Waals surface area contributed by atoms with Crippen molar-refractivity contribution >= 4 is 34.4 Å². The molecule has 0 bridgehead atoms. The Morgan fingerprint density at radius 3 is 2.95 bits per heavy atom. The minimum absolute atomic E-state index is 0.0543. The second kappa shape index (κ2) is 12.0. The minimum Gasteiger partial charge on any atom is -0.482 e. The number of fused-ring (bicyclic) bond motifs is 2. The Balaban J connectivity index is 1.24. The number of halogens is 1. The predicted molar refractivity (Wildman–Crippen MR) is 142 cm³/mol. The van der Waals surface area contributed by atoms with Crippen molar-refractivity contribution in [2.45, 2.75) is 31.6 Å². The number of methoxy groups -OCH3 is 1. The van der Waals surface area contributed by atoms with Crippen LogP contribution in [0.4, 0.5) is 20.6 Å². The summed E-state index contributed by atoms with van der Waals surface area (Å²) in [7, 11) is 1.47. The van der Waals surface area contributed by atoms with E-state index < -0.39 is 24.6 Å². The summed E-state index contributed by atoms with van der Waals surface area (Å²) >= 11 is 0. The number of rotatable bonds is 11. The van der Waals surface area contributed by atoms with Gasteiger partial charge in [0.05, 0.1) is 43.8 Å². The first-order valence-corrected chi connectivity index (χ1v) is 12.9. The largest absolute Gasteiger partial charge is 0.482 e. The van der Waals surface area contributed by atoms with Crippen LogP contribution in [-0.4, -0.2) is 89.2 Å². The first-order chi connectivity index (χ1) is 19.3. The molecule has 5 rings (SSSR count). The molecule has 0 aliphatic carbocycles. The van der Waals surface area contributed by atoms with Gasteiger partial charge in [-0.25, -0.2) is 14.2 Å². The number of nitrogens with one attached hydrogen (secondary N) is 1. The molecule has 3 aromatic rings. The molecule has 2 aliphatic heterocycles. The first-order valence-electron chi connectivity index (χ1n) is 12.9. The van der Waals surface area contributed by atoms with Crippen LogP contribution in [0.1, 0.15) is 18.4 Å². The van der Waals surface area contributed by atoms with Gasteiger partial charge in [-0.3, -0.25) is 19.6 Å². The average Bonchev–Trinajstić information content (AvgIpc) is 3.33. The van der Waals surface area contributed by atoms with Crippen molar-refractivity contribution in [3.63, 3.8) is 0 Å². The Kier molecular flexibility index (Phi) is 8.24. The highest BCUT2D eigenvalue weighted by atomic mass is 19.1. The van der Waals surface area contributed by atoms with Crippen LogP contribution >= 0.6 is 0 Å². The van der Waals surface area contributed by atoms with Crippen molar-refractivity contribution in [3.05, 3.63) is 47.9 Å². The average molecular weight is 556 g/mol. The predicted octanol–water partition coefficient (Wildman–Crippen LogP) is 2.07. The minimum atomic E-state index is -1.02. The van der Waals surface area contributed by atoms with Crippen LogP contribution < -0.4 is 19.7 Å². The molecular formula is C27H30FN5O7. The monoisotopic (exact) mass is 555 g/mol. The van der Waals surface area contributed by atoms with Crippen molar-refractivity contribution in [2.24, 2.45) is 0 Å². The number of pyridine rings is 2. The maximum atomic E-state index is 14.9. The van der Waals surface area contributed by atoms with Crippen molar-refractivity contribution in [3.8, 4) is 11.6 Å². The van der Waals surface area contributed by atoms with Crippen LogP contribution in [-0.2, 0) is 16.1 Å². The molecule has 1 saturated heterocycles. The number of benzene rings is 1. The second-order valence-electron chi connectivity index (χ2n) is 9.65. The van der Waals surface area contributed by atoms with Gasteiger partial charge >= 0.3 is 6.09 Å². The number of amides is 2. The summed E-state index contributed by atoms with van der Waals surface area (Å²) < 4.78 is 31.0. The molecule has 212 valence electrons. The highest BCUT2D eigenvalue weighted by Crippen LogP contribution is 2.34. The van der Waals surface area contributed by atoms with Crippen molar-refractivity contribution in [1.29, 1.82) is 0 Å². The fourth-order valence-electron chi connectivity index (χ4n) is 4.82. The standard InChI is InChI=1S/C27H30FN5O7/c1-38-25-7-5-21-26(31-25)19(20(28)10-29-21)13-32(11-17(35)14-34)8-2-3-18-12-33(27(37)40-18)16-4-6-23-22(9-16)30-24(36)15-39-23/h4-7,9-10,17-18,34-35H,2-3,8,11-15H2,1H3,(H,30,36). The quantitative estimate of drug-likeness (QED) is 0.321. The zero-order chi connectivity index (χ0) is 28.2. The van der Waals surface area contributed by atoms with Gasteiger partial charge in [-0.1, -0.05) is 0 Å². The lowest BCUT2D eigenvalue weighted by Crippen LogP contribution is -2.35. The number of cyclic esters (lactones) is 1. The molecule has 2 aliphatic rings. The molecule has 0 saturated carbocycles. The molecule has 13 heteroatoms. The third kappa shape index (κ3) is 6.06. The van der Waals surface area contributed by atoms with Gasteiger partial charge in [-0.2, -0.15) is 0 Å². The molecule has 2 amide bonds. The van der Waals surface area contributed by atoms with Gasteiger partial charge in [0.2, 0.25) is 5.88 Å². The van der Waals surface area contributed by atoms with E-state index in [9.17, 15) is 24.2 Å². The van der Waals surface area contributed by atoms with Crippen LogP contribution in [0.25, 0.3) is 11.0 Å². The molecular weight excluding hydrogens is 525 g/mol. The maximum Gasteiger partial charge on any atom is 0.414 e. The van der Waals surface area contributed by atoms with E-state index in [0.29, 0.717) is 65.5 Å². The third-order valence-electron chi connectivity index (χ3n) is 6.79. The van der Waals surface area contributed by atoms with Crippen LogP contribution in [0.5, 0.6) is 11.6 Å². The van der Waals surface area contributed by atoms with E-state index in [0.717, 1.165) is 6.20 Å². The van der Waals surface area contributed by atoms with E-state index in [1.54, 1.807) is 30.3 Å². The van der Waals surface area contributed by atoms with E-state index in [4.69, 9.17) is 14.2 Å². The molecule has 0 spiro atoms. The summed E-state index contributed by atoms with van der Waals surface area (Å²) in [4.78, 5) is 36.0. The number of aliphatic hydroxyl groups excluding tert-OH is 2. The molecule has 2 unspecified atom stereocenters. The second-order valence-corrected chi connectivity index (χ2v) is 9.65. The zero-order valence-electron chi connectivity index (χ0n) is 21.9. The maximum absolute atomic E-state index is 14.9. The first kappa shape index (κ1) is 27.5. The molecule has 12 nitrogen and oxygen atoms in total. The molecule has 3 N–H and O–H groups in total. The van der Waals surface area contributed by atoms with Gasteiger partial charge in [-0.15, -0.1) is 0 Å². The summed E-state index contributed by atoms with van der Waals surface area (Å²) in [5.74, 6) is 0.0508. The Hall–Kier alpha value is -4.07. The Morgan fingerprint density at radius 2 is 2.15 bits per heavy atom. The van der Waals surface area contributed by atoms with Crippen LogP contribution in [0, 0.1) is 5.82 Å². The van der Waals surface area contributed by atoms with Crippen molar-refractivity contribution in [2.75, 3.05) is 50.2 Å². The third-order valence-corrected chi connectivity index (χ3v) is 6.79. The van der Waals surface area contributed by atoms with Crippen LogP contribution in [0.3, 0.4) is 0 Å². The summed E-state index contributed by atoms with van der Waals surface area (Å²) in [6, 6.07) is 8.44. The summed E-state index contributed by atoms with van der Waals surface area (Å²) in [5.41, 5.74) is 2.23. The Labute approximate surface area is 229 Å². The van der Waals surface area contributed by atoms with E-state index in [-0.39, 0.29) is 31.7 Å². The highest BCUT2D eigenvalue weighted by Gasteiger charge is 2.33. The number of aliphatic hydroxyl groups is 2. The number of ether oxygens (including phenoxy) is 3. The Morgan fingerprint density at radius 1 is 1.30 bits per heavy atom. The Bertz CT molecular complexity index is 1410. The van der Waals surface area contributed by atoms with Gasteiger partial charge in [0.25, 0.3) is 5.91 Å². The molecule has 1 aromatic carbocycles. The number of carbonyl (C=O) groups excluding carboxylic acids is 2. The molecule has 2 atom stereocenters. The normalized spacial score (nSPS) is 17.4. The van der Waals surface area contributed by atoms with Gasteiger partial charge in [0, 0.05) is 30.4 Å². The molecule has 2 aromatic heterocycles. The molecule has 1 fully saturated rings. The fourth-order valence-corrected chi connectivity index (χ4v) is 4.82. The van der Waals surface area contributed by atoms with E-state index in [2.05, 4.69) is 15.3 Å². The summed E-state index contributed by atoms with van der Waals surface area (Å²) in [6.07, 6.45) is 0.322. The highest BCUT2D eigenvalue weighted by molar-refractivity contribution is 5.97. The van der Waals surface area contributed by atoms with Gasteiger partial charge in [0.15, 0.2) is 6.61 Å². The number of hydrogen-bond acceptors (Lipinski definition) is 10. The zero-order valence-corrected chi connectivity index (χ0v) is 21.9. The van der Waals surface area contributed by atoms with E-state index in [1.165, 1.54) is 12.0 Å². The van der Waals surface area contributed by atoms with Crippen molar-refractivity contribution < 1.29 is 38.4 Å². The number of hydrogen-bond donors (Lipinski definition) is 3. The lowest BCUT2D eigenvalue weighted by molar-refractivity contribution is -0.118. The van der Waals surface area contributed by atoms with Gasteiger partial charge < -0.3 is 29.7 Å². The number of aromatic nitrogens is 2. The van der Waals surface area contributed by atoms with E-state index in [1.807, 2.05) is 4.90 Å². The summed E-state index contributed by atoms with van der Waals surface area (Å²) in [5, 5.41) is 22.3. The number of anilines is 2. The number of nitrogens with zero attached hydrogens (tertiary/aromatic N) is 4. The molecule has 4 heterocycles. The lowest BCUT2D eigenvalue weighted by atomic mass is 10.1. The van der Waals surface area contributed by atoms with Crippen LogP contribution in [0.15, 0.2) is 36.5 Å². The lowest BCUT2D eigenvalue weighted by Gasteiger charge is -2.25. The smallest absolute Gasteiger partial charge is 0.414 e. The fraction of sp³-hybridized carbons (Fsp3) is 0.407. The topological polar surface area (TPSA) is 147 Å². The van der Waals surface area contributed by atoms with E-state index >= 15 is 0 Å². The van der Waals surface area contributed by atoms with Gasteiger partial charge in [-0.05, 0) is 43.7 Å². The summed E-state index contributed by atoms with van der Waals surface area (Å²) in [6.45, 7) is 0.468. The molecule has 40 heavy (non-hydrogen) atoms. The SMILES string of the molecule is COc1ccc2ncc(F)c(CN(CCCC3CN(c4ccc5c(c4)NC(=O)CO5)C(=O)O3)CC(O)CO)c2n1.